The number of aromatic nitrogens is 2. The lowest BCUT2D eigenvalue weighted by Gasteiger charge is -2.03. The summed E-state index contributed by atoms with van der Waals surface area (Å²) in [5, 5.41) is 4.29. The number of esters is 1. The van der Waals surface area contributed by atoms with Crippen LogP contribution in [0, 0.1) is 0 Å². The van der Waals surface area contributed by atoms with Gasteiger partial charge in [-0.2, -0.15) is 5.10 Å². The number of ether oxygens (including phenoxy) is 1. The first-order valence-corrected chi connectivity index (χ1v) is 5.75. The second kappa shape index (κ2) is 5.35. The fourth-order valence-electron chi connectivity index (χ4n) is 1.64. The summed E-state index contributed by atoms with van der Waals surface area (Å²) in [7, 11) is 0. The summed E-state index contributed by atoms with van der Waals surface area (Å²) in [6, 6.07) is 11.4. The standard InChI is InChI=1S/C13H15N3O2/c1-2-18-13(17)9-16-12(14)8-11(15-16)10-6-4-3-5-7-10/h3-8H,2,9,14H2,1H3. The first-order valence-electron chi connectivity index (χ1n) is 5.75. The average Bonchev–Trinajstić information content (AvgIpc) is 2.72. The van der Waals surface area contributed by atoms with Gasteiger partial charge in [0.15, 0.2) is 0 Å². The quantitative estimate of drug-likeness (QED) is 0.832. The third-order valence-corrected chi connectivity index (χ3v) is 2.46. The highest BCUT2D eigenvalue weighted by molar-refractivity contribution is 5.70. The molecule has 0 atom stereocenters. The van der Waals surface area contributed by atoms with E-state index in [0.717, 1.165) is 11.3 Å². The van der Waals surface area contributed by atoms with E-state index in [2.05, 4.69) is 5.10 Å². The van der Waals surface area contributed by atoms with Crippen LogP contribution in [-0.4, -0.2) is 22.4 Å². The molecule has 1 aromatic heterocycles. The van der Waals surface area contributed by atoms with Gasteiger partial charge in [-0.3, -0.25) is 4.79 Å². The van der Waals surface area contributed by atoms with Crippen molar-refractivity contribution in [3.05, 3.63) is 36.4 Å². The molecule has 0 unspecified atom stereocenters. The van der Waals surface area contributed by atoms with Gasteiger partial charge in [-0.1, -0.05) is 30.3 Å². The van der Waals surface area contributed by atoms with E-state index in [1.807, 2.05) is 30.3 Å². The number of hydrogen-bond donors (Lipinski definition) is 1. The van der Waals surface area contributed by atoms with Crippen LogP contribution in [-0.2, 0) is 16.1 Å². The van der Waals surface area contributed by atoms with Crippen molar-refractivity contribution in [3.8, 4) is 11.3 Å². The van der Waals surface area contributed by atoms with Crippen molar-refractivity contribution in [2.75, 3.05) is 12.3 Å². The molecule has 0 saturated carbocycles. The summed E-state index contributed by atoms with van der Waals surface area (Å²) in [6.45, 7) is 2.15. The van der Waals surface area contributed by atoms with Gasteiger partial charge >= 0.3 is 5.97 Å². The number of hydrogen-bond acceptors (Lipinski definition) is 4. The molecule has 0 amide bonds. The monoisotopic (exact) mass is 245 g/mol. The lowest BCUT2D eigenvalue weighted by atomic mass is 10.2. The van der Waals surface area contributed by atoms with Crippen molar-refractivity contribution >= 4 is 11.8 Å². The molecule has 94 valence electrons. The topological polar surface area (TPSA) is 70.1 Å². The first kappa shape index (κ1) is 12.2. The number of benzene rings is 1. The molecule has 0 radical (unpaired) electrons. The Morgan fingerprint density at radius 2 is 2.11 bits per heavy atom. The molecule has 0 spiro atoms. The fourth-order valence-corrected chi connectivity index (χ4v) is 1.64. The maximum atomic E-state index is 11.4. The van der Waals surface area contributed by atoms with Gasteiger partial charge in [0.25, 0.3) is 0 Å². The van der Waals surface area contributed by atoms with Gasteiger partial charge in [0.2, 0.25) is 0 Å². The maximum absolute atomic E-state index is 11.4. The number of anilines is 1. The molecule has 1 aromatic carbocycles. The lowest BCUT2D eigenvalue weighted by Crippen LogP contribution is -2.16. The number of carbonyl (C=O) groups excluding carboxylic acids is 1. The number of rotatable bonds is 4. The molecule has 0 aliphatic carbocycles. The fraction of sp³-hybridized carbons (Fsp3) is 0.231. The molecule has 0 bridgehead atoms. The average molecular weight is 245 g/mol. The van der Waals surface area contributed by atoms with Crippen molar-refractivity contribution in [2.24, 2.45) is 0 Å². The van der Waals surface area contributed by atoms with Crippen LogP contribution in [0.1, 0.15) is 6.92 Å². The number of carbonyl (C=O) groups is 1. The van der Waals surface area contributed by atoms with E-state index in [1.54, 1.807) is 13.0 Å². The summed E-state index contributed by atoms with van der Waals surface area (Å²) < 4.78 is 6.31. The van der Waals surface area contributed by atoms with Gasteiger partial charge in [0.1, 0.15) is 12.4 Å². The zero-order chi connectivity index (χ0) is 13.0. The number of nitrogens with zero attached hydrogens (tertiary/aromatic N) is 2. The Balaban J connectivity index is 2.20. The lowest BCUT2D eigenvalue weighted by molar-refractivity contribution is -0.143. The van der Waals surface area contributed by atoms with Gasteiger partial charge in [0.05, 0.1) is 12.3 Å². The van der Waals surface area contributed by atoms with E-state index >= 15 is 0 Å². The number of nitrogens with two attached hydrogens (primary N) is 1. The molecule has 5 nitrogen and oxygen atoms in total. The van der Waals surface area contributed by atoms with Gasteiger partial charge in [-0.25, -0.2) is 4.68 Å². The summed E-state index contributed by atoms with van der Waals surface area (Å²) in [5.41, 5.74) is 7.53. The Bertz CT molecular complexity index is 534. The van der Waals surface area contributed by atoms with E-state index in [0.29, 0.717) is 12.4 Å². The van der Waals surface area contributed by atoms with Crippen LogP contribution in [0.25, 0.3) is 11.3 Å². The molecule has 0 saturated heterocycles. The third-order valence-electron chi connectivity index (χ3n) is 2.46. The van der Waals surface area contributed by atoms with E-state index in [4.69, 9.17) is 10.5 Å². The van der Waals surface area contributed by atoms with Crippen molar-refractivity contribution in [2.45, 2.75) is 13.5 Å². The predicted molar refractivity (Wildman–Crippen MR) is 68.7 cm³/mol. The van der Waals surface area contributed by atoms with E-state index in [-0.39, 0.29) is 12.5 Å². The van der Waals surface area contributed by atoms with Crippen LogP contribution in [0.5, 0.6) is 0 Å². The van der Waals surface area contributed by atoms with Crippen molar-refractivity contribution in [1.82, 2.24) is 9.78 Å². The molecular weight excluding hydrogens is 230 g/mol. The summed E-state index contributed by atoms with van der Waals surface area (Å²) >= 11 is 0. The summed E-state index contributed by atoms with van der Waals surface area (Å²) in [4.78, 5) is 11.4. The number of nitrogen functional groups attached to an aromatic ring is 1. The van der Waals surface area contributed by atoms with Crippen LogP contribution in [0.15, 0.2) is 36.4 Å². The Kier molecular flexibility index (Phi) is 3.62. The molecule has 18 heavy (non-hydrogen) atoms. The predicted octanol–water partition coefficient (Wildman–Crippen LogP) is 1.70. The molecule has 2 N–H and O–H groups in total. The summed E-state index contributed by atoms with van der Waals surface area (Å²) in [6.07, 6.45) is 0. The zero-order valence-corrected chi connectivity index (χ0v) is 10.2. The highest BCUT2D eigenvalue weighted by Gasteiger charge is 2.10. The first-order chi connectivity index (χ1) is 8.70. The highest BCUT2D eigenvalue weighted by Crippen LogP contribution is 2.19. The second-order valence-electron chi connectivity index (χ2n) is 3.78. The van der Waals surface area contributed by atoms with Crippen molar-refractivity contribution < 1.29 is 9.53 Å². The molecule has 5 heteroatoms. The van der Waals surface area contributed by atoms with Crippen LogP contribution >= 0.6 is 0 Å². The molecule has 0 aliphatic rings. The molecule has 0 fully saturated rings. The van der Waals surface area contributed by atoms with Gasteiger partial charge in [0, 0.05) is 11.6 Å². The molecular formula is C13H15N3O2. The van der Waals surface area contributed by atoms with Crippen LogP contribution in [0.2, 0.25) is 0 Å². The van der Waals surface area contributed by atoms with Crippen molar-refractivity contribution in [3.63, 3.8) is 0 Å². The molecule has 0 aliphatic heterocycles. The Morgan fingerprint density at radius 1 is 1.39 bits per heavy atom. The minimum Gasteiger partial charge on any atom is -0.465 e. The van der Waals surface area contributed by atoms with Gasteiger partial charge in [-0.05, 0) is 6.92 Å². The van der Waals surface area contributed by atoms with E-state index < -0.39 is 0 Å². The Morgan fingerprint density at radius 3 is 2.78 bits per heavy atom. The highest BCUT2D eigenvalue weighted by atomic mass is 16.5. The smallest absolute Gasteiger partial charge is 0.327 e. The minimum absolute atomic E-state index is 0.0342. The van der Waals surface area contributed by atoms with Crippen LogP contribution in [0.3, 0.4) is 0 Å². The second-order valence-corrected chi connectivity index (χ2v) is 3.78. The van der Waals surface area contributed by atoms with Gasteiger partial charge in [-0.15, -0.1) is 0 Å². The maximum Gasteiger partial charge on any atom is 0.327 e. The SMILES string of the molecule is CCOC(=O)Cn1nc(-c2ccccc2)cc1N. The Hall–Kier alpha value is -2.30. The third kappa shape index (κ3) is 2.68. The largest absolute Gasteiger partial charge is 0.465 e. The Labute approximate surface area is 105 Å². The van der Waals surface area contributed by atoms with E-state index in [9.17, 15) is 4.79 Å². The van der Waals surface area contributed by atoms with Crippen LogP contribution < -0.4 is 5.73 Å². The summed E-state index contributed by atoms with van der Waals surface area (Å²) in [5.74, 6) is 0.105. The minimum atomic E-state index is -0.341. The normalized spacial score (nSPS) is 10.3. The van der Waals surface area contributed by atoms with Gasteiger partial charge < -0.3 is 10.5 Å². The van der Waals surface area contributed by atoms with Crippen molar-refractivity contribution in [1.29, 1.82) is 0 Å². The zero-order valence-electron chi connectivity index (χ0n) is 10.2. The van der Waals surface area contributed by atoms with E-state index in [1.165, 1.54) is 4.68 Å². The van der Waals surface area contributed by atoms with Crippen LogP contribution in [0.4, 0.5) is 5.82 Å². The molecule has 2 rings (SSSR count). The molecule has 2 aromatic rings. The molecule has 1 heterocycles.